The first-order valence-corrected chi connectivity index (χ1v) is 5.78. The third-order valence-electron chi connectivity index (χ3n) is 2.64. The smallest absolute Gasteiger partial charge is 0.338 e. The van der Waals surface area contributed by atoms with Crippen molar-refractivity contribution in [2.24, 2.45) is 0 Å². The number of halogens is 1. The summed E-state index contributed by atoms with van der Waals surface area (Å²) in [5.74, 6) is -1.98. The Morgan fingerprint density at radius 1 is 1.50 bits per heavy atom. The van der Waals surface area contributed by atoms with Gasteiger partial charge in [0.25, 0.3) is 0 Å². The molecular weight excluding hydrogens is 237 g/mol. The van der Waals surface area contributed by atoms with Gasteiger partial charge in [-0.15, -0.1) is 0 Å². The Morgan fingerprint density at radius 3 is 2.67 bits per heavy atom. The summed E-state index contributed by atoms with van der Waals surface area (Å²) in [5.41, 5.74) is 0.399. The summed E-state index contributed by atoms with van der Waals surface area (Å²) in [7, 11) is 1.87. The van der Waals surface area contributed by atoms with Gasteiger partial charge in [0.1, 0.15) is 5.82 Å². The first-order chi connectivity index (χ1) is 8.40. The highest BCUT2D eigenvalue weighted by Crippen LogP contribution is 2.12. The number of carboxylic acid groups (broad SMARTS) is 1. The molecule has 0 aliphatic rings. The van der Waals surface area contributed by atoms with Crippen LogP contribution in [0.5, 0.6) is 0 Å². The van der Waals surface area contributed by atoms with Gasteiger partial charge in [-0.3, -0.25) is 0 Å². The molecule has 1 atom stereocenters. The minimum Gasteiger partial charge on any atom is -0.478 e. The fourth-order valence-corrected chi connectivity index (χ4v) is 1.63. The fraction of sp³-hybridized carbons (Fsp3) is 0.462. The van der Waals surface area contributed by atoms with Crippen LogP contribution in [0.25, 0.3) is 0 Å². The number of aliphatic hydroxyl groups excluding tert-OH is 1. The Kier molecular flexibility index (Phi) is 5.25. The molecule has 0 heterocycles. The van der Waals surface area contributed by atoms with Crippen molar-refractivity contribution in [1.29, 1.82) is 0 Å². The van der Waals surface area contributed by atoms with Crippen LogP contribution in [0.1, 0.15) is 29.3 Å². The van der Waals surface area contributed by atoms with E-state index in [4.69, 9.17) is 10.2 Å². The van der Waals surface area contributed by atoms with Crippen LogP contribution < -0.4 is 0 Å². The minimum absolute atomic E-state index is 0.314. The van der Waals surface area contributed by atoms with Gasteiger partial charge >= 0.3 is 5.97 Å². The van der Waals surface area contributed by atoms with Gasteiger partial charge in [0.2, 0.25) is 0 Å². The van der Waals surface area contributed by atoms with Crippen molar-refractivity contribution in [2.45, 2.75) is 26.0 Å². The van der Waals surface area contributed by atoms with Gasteiger partial charge in [-0.2, -0.15) is 0 Å². The molecule has 1 rings (SSSR count). The SMILES string of the molecule is CC(O)CCN(C)Cc1ccc(C(=O)O)c(F)c1. The average Bonchev–Trinajstić information content (AvgIpc) is 2.26. The molecule has 0 bridgehead atoms. The number of nitrogens with zero attached hydrogens (tertiary/aromatic N) is 1. The number of benzene rings is 1. The Morgan fingerprint density at radius 2 is 2.17 bits per heavy atom. The van der Waals surface area contributed by atoms with Gasteiger partial charge in [0.15, 0.2) is 0 Å². The Labute approximate surface area is 106 Å². The van der Waals surface area contributed by atoms with Crippen LogP contribution in [0, 0.1) is 5.82 Å². The van der Waals surface area contributed by atoms with Crippen LogP contribution in [-0.4, -0.2) is 40.8 Å². The highest BCUT2D eigenvalue weighted by Gasteiger charge is 2.11. The van der Waals surface area contributed by atoms with E-state index in [-0.39, 0.29) is 11.7 Å². The monoisotopic (exact) mass is 255 g/mol. The van der Waals surface area contributed by atoms with E-state index >= 15 is 0 Å². The van der Waals surface area contributed by atoms with E-state index in [9.17, 15) is 9.18 Å². The van der Waals surface area contributed by atoms with Gasteiger partial charge in [-0.1, -0.05) is 6.07 Å². The third kappa shape index (κ3) is 4.43. The molecule has 0 amide bonds. The second-order valence-corrected chi connectivity index (χ2v) is 4.49. The van der Waals surface area contributed by atoms with Crippen molar-refractivity contribution in [2.75, 3.05) is 13.6 Å². The first kappa shape index (κ1) is 14.6. The largest absolute Gasteiger partial charge is 0.478 e. The van der Waals surface area contributed by atoms with Gasteiger partial charge in [0.05, 0.1) is 11.7 Å². The number of hydrogen-bond acceptors (Lipinski definition) is 3. The van der Waals surface area contributed by atoms with Gasteiger partial charge < -0.3 is 15.1 Å². The van der Waals surface area contributed by atoms with Crippen molar-refractivity contribution in [1.82, 2.24) is 4.90 Å². The second kappa shape index (κ2) is 6.47. The molecule has 0 spiro atoms. The summed E-state index contributed by atoms with van der Waals surface area (Å²) in [6, 6.07) is 4.11. The number of aromatic carboxylic acids is 1. The lowest BCUT2D eigenvalue weighted by atomic mass is 10.1. The Balaban J connectivity index is 2.63. The Hall–Kier alpha value is -1.46. The average molecular weight is 255 g/mol. The van der Waals surface area contributed by atoms with Gasteiger partial charge in [0, 0.05) is 13.1 Å². The van der Waals surface area contributed by atoms with Crippen LogP contribution in [0.2, 0.25) is 0 Å². The molecule has 0 fully saturated rings. The van der Waals surface area contributed by atoms with Crippen molar-refractivity contribution < 1.29 is 19.4 Å². The summed E-state index contributed by atoms with van der Waals surface area (Å²) in [6.45, 7) is 2.93. The zero-order chi connectivity index (χ0) is 13.7. The molecule has 1 aromatic carbocycles. The molecule has 5 heteroatoms. The van der Waals surface area contributed by atoms with E-state index in [0.29, 0.717) is 25.1 Å². The maximum atomic E-state index is 13.4. The van der Waals surface area contributed by atoms with E-state index in [0.717, 1.165) is 0 Å². The van der Waals surface area contributed by atoms with E-state index in [1.165, 1.54) is 12.1 Å². The highest BCUT2D eigenvalue weighted by molar-refractivity contribution is 5.87. The summed E-state index contributed by atoms with van der Waals surface area (Å²) in [4.78, 5) is 12.6. The summed E-state index contributed by atoms with van der Waals surface area (Å²) in [6.07, 6.45) is 0.283. The summed E-state index contributed by atoms with van der Waals surface area (Å²) < 4.78 is 13.4. The summed E-state index contributed by atoms with van der Waals surface area (Å²) in [5, 5.41) is 17.9. The highest BCUT2D eigenvalue weighted by atomic mass is 19.1. The lowest BCUT2D eigenvalue weighted by molar-refractivity contribution is 0.0692. The lowest BCUT2D eigenvalue weighted by Gasteiger charge is -2.17. The molecule has 0 saturated carbocycles. The molecular formula is C13H18FNO3. The maximum absolute atomic E-state index is 13.4. The van der Waals surface area contributed by atoms with Crippen molar-refractivity contribution in [3.05, 3.63) is 35.1 Å². The minimum atomic E-state index is -1.26. The van der Waals surface area contributed by atoms with Crippen LogP contribution in [0.15, 0.2) is 18.2 Å². The van der Waals surface area contributed by atoms with Crippen molar-refractivity contribution in [3.8, 4) is 0 Å². The molecule has 0 aliphatic carbocycles. The zero-order valence-corrected chi connectivity index (χ0v) is 10.6. The molecule has 4 nitrogen and oxygen atoms in total. The predicted octanol–water partition coefficient (Wildman–Crippen LogP) is 1.73. The Bertz CT molecular complexity index is 421. The van der Waals surface area contributed by atoms with Crippen LogP contribution >= 0.6 is 0 Å². The standard InChI is InChI=1S/C13H18FNO3/c1-9(16)5-6-15(2)8-10-3-4-11(13(17)18)12(14)7-10/h3-4,7,9,16H,5-6,8H2,1-2H3,(H,17,18). The van der Waals surface area contributed by atoms with Crippen LogP contribution in [0.4, 0.5) is 4.39 Å². The summed E-state index contributed by atoms with van der Waals surface area (Å²) >= 11 is 0. The number of aliphatic hydroxyl groups is 1. The molecule has 0 aromatic heterocycles. The maximum Gasteiger partial charge on any atom is 0.338 e. The molecule has 0 saturated heterocycles. The molecule has 1 unspecified atom stereocenters. The molecule has 100 valence electrons. The molecule has 0 radical (unpaired) electrons. The molecule has 2 N–H and O–H groups in total. The van der Waals surface area contributed by atoms with E-state index < -0.39 is 11.8 Å². The van der Waals surface area contributed by atoms with Crippen LogP contribution in [-0.2, 0) is 6.54 Å². The van der Waals surface area contributed by atoms with Crippen molar-refractivity contribution >= 4 is 5.97 Å². The fourth-order valence-electron chi connectivity index (χ4n) is 1.63. The van der Waals surface area contributed by atoms with Crippen molar-refractivity contribution in [3.63, 3.8) is 0 Å². The second-order valence-electron chi connectivity index (χ2n) is 4.49. The van der Waals surface area contributed by atoms with E-state index in [1.807, 2.05) is 11.9 Å². The van der Waals surface area contributed by atoms with Gasteiger partial charge in [-0.25, -0.2) is 9.18 Å². The third-order valence-corrected chi connectivity index (χ3v) is 2.64. The van der Waals surface area contributed by atoms with Crippen LogP contribution in [0.3, 0.4) is 0 Å². The van der Waals surface area contributed by atoms with E-state index in [2.05, 4.69) is 0 Å². The molecule has 1 aromatic rings. The quantitative estimate of drug-likeness (QED) is 0.812. The van der Waals surface area contributed by atoms with Gasteiger partial charge in [-0.05, 0) is 38.1 Å². The van der Waals surface area contributed by atoms with E-state index in [1.54, 1.807) is 13.0 Å². The predicted molar refractivity (Wildman–Crippen MR) is 66.0 cm³/mol. The zero-order valence-electron chi connectivity index (χ0n) is 10.6. The number of carboxylic acids is 1. The number of carbonyl (C=O) groups is 1. The lowest BCUT2D eigenvalue weighted by Crippen LogP contribution is -2.22. The number of rotatable bonds is 6. The topological polar surface area (TPSA) is 60.8 Å². The first-order valence-electron chi connectivity index (χ1n) is 5.78. The molecule has 18 heavy (non-hydrogen) atoms. The number of hydrogen-bond donors (Lipinski definition) is 2. The molecule has 0 aliphatic heterocycles. The normalized spacial score (nSPS) is 12.7.